The minimum Gasteiger partial charge on any atom is -0.491 e. The SMILES string of the molecule is Cc1cc(NC(=O)CSCC(=O)NC(COc2c(C)cccc2C)C(C)(C)C)no1. The van der Waals surface area contributed by atoms with E-state index in [1.54, 1.807) is 13.0 Å². The molecule has 1 aromatic heterocycles. The molecule has 2 N–H and O–H groups in total. The quantitative estimate of drug-likeness (QED) is 0.623. The van der Waals surface area contributed by atoms with Crippen LogP contribution in [0, 0.1) is 26.2 Å². The number of carbonyl (C=O) groups excluding carboxylic acids is 2. The number of nitrogens with one attached hydrogen (secondary N) is 2. The van der Waals surface area contributed by atoms with Crippen molar-refractivity contribution < 1.29 is 18.8 Å². The molecule has 0 aliphatic rings. The molecule has 1 unspecified atom stereocenters. The van der Waals surface area contributed by atoms with Gasteiger partial charge in [-0.1, -0.05) is 44.1 Å². The predicted octanol–water partition coefficient (Wildman–Crippen LogP) is 3.88. The van der Waals surface area contributed by atoms with Gasteiger partial charge >= 0.3 is 0 Å². The summed E-state index contributed by atoms with van der Waals surface area (Å²) in [5, 5.41) is 9.40. The van der Waals surface area contributed by atoms with E-state index in [1.165, 1.54) is 11.8 Å². The van der Waals surface area contributed by atoms with Crippen molar-refractivity contribution in [2.75, 3.05) is 23.4 Å². The number of nitrogens with zero attached hydrogens (tertiary/aromatic N) is 1. The molecule has 2 rings (SSSR count). The molecule has 1 atom stereocenters. The maximum absolute atomic E-state index is 12.4. The number of thioether (sulfide) groups is 1. The van der Waals surface area contributed by atoms with Gasteiger partial charge in [-0.25, -0.2) is 0 Å². The number of aromatic nitrogens is 1. The first kappa shape index (κ1) is 23.8. The number of benzene rings is 1. The van der Waals surface area contributed by atoms with Crippen LogP contribution < -0.4 is 15.4 Å². The van der Waals surface area contributed by atoms with Crippen LogP contribution >= 0.6 is 11.8 Å². The summed E-state index contributed by atoms with van der Waals surface area (Å²) in [7, 11) is 0. The van der Waals surface area contributed by atoms with Gasteiger partial charge in [-0.3, -0.25) is 9.59 Å². The summed E-state index contributed by atoms with van der Waals surface area (Å²) in [6.07, 6.45) is 0. The number of ether oxygens (including phenoxy) is 1. The summed E-state index contributed by atoms with van der Waals surface area (Å²) in [6.45, 7) is 12.3. The lowest BCUT2D eigenvalue weighted by Crippen LogP contribution is -2.48. The highest BCUT2D eigenvalue weighted by Gasteiger charge is 2.27. The molecule has 30 heavy (non-hydrogen) atoms. The van der Waals surface area contributed by atoms with Gasteiger partial charge in [0, 0.05) is 6.07 Å². The summed E-state index contributed by atoms with van der Waals surface area (Å²) in [5.41, 5.74) is 1.95. The minimum atomic E-state index is -0.230. The normalized spacial score (nSPS) is 12.3. The lowest BCUT2D eigenvalue weighted by atomic mass is 9.87. The van der Waals surface area contributed by atoms with Gasteiger partial charge in [0.1, 0.15) is 18.1 Å². The zero-order valence-electron chi connectivity index (χ0n) is 18.5. The highest BCUT2D eigenvalue weighted by molar-refractivity contribution is 8.00. The van der Waals surface area contributed by atoms with E-state index < -0.39 is 0 Å². The fraction of sp³-hybridized carbons (Fsp3) is 0.500. The molecule has 0 fully saturated rings. The summed E-state index contributed by atoms with van der Waals surface area (Å²) in [5.74, 6) is 1.82. The molecular formula is C22H31N3O4S. The number of rotatable bonds is 9. The van der Waals surface area contributed by atoms with E-state index in [1.807, 2.05) is 32.0 Å². The highest BCUT2D eigenvalue weighted by atomic mass is 32.2. The second-order valence-corrected chi connectivity index (χ2v) is 9.37. The number of para-hydroxylation sites is 1. The van der Waals surface area contributed by atoms with Crippen LogP contribution in [0.25, 0.3) is 0 Å². The molecular weight excluding hydrogens is 402 g/mol. The van der Waals surface area contributed by atoms with E-state index in [-0.39, 0.29) is 34.8 Å². The Labute approximate surface area is 182 Å². The lowest BCUT2D eigenvalue weighted by Gasteiger charge is -2.31. The third-order valence-corrected chi connectivity index (χ3v) is 5.48. The third kappa shape index (κ3) is 7.40. The van der Waals surface area contributed by atoms with Crippen LogP contribution in [0.2, 0.25) is 0 Å². The van der Waals surface area contributed by atoms with Gasteiger partial charge in [0.2, 0.25) is 11.8 Å². The zero-order chi connectivity index (χ0) is 22.3. The van der Waals surface area contributed by atoms with Crippen molar-refractivity contribution in [1.29, 1.82) is 0 Å². The average Bonchev–Trinajstić information content (AvgIpc) is 3.04. The highest BCUT2D eigenvalue weighted by Crippen LogP contribution is 2.25. The molecule has 1 heterocycles. The fourth-order valence-corrected chi connectivity index (χ4v) is 3.41. The molecule has 0 saturated heterocycles. The third-order valence-electron chi connectivity index (χ3n) is 4.55. The first-order chi connectivity index (χ1) is 14.1. The first-order valence-corrected chi connectivity index (χ1v) is 11.0. The Morgan fingerprint density at radius 2 is 1.77 bits per heavy atom. The number of carbonyl (C=O) groups is 2. The van der Waals surface area contributed by atoms with Crippen LogP contribution in [-0.2, 0) is 9.59 Å². The Balaban J connectivity index is 1.82. The standard InChI is InChI=1S/C22H31N3O4S/c1-14-8-7-9-15(2)21(14)28-11-17(22(4,5)6)23-19(26)12-30-13-20(27)24-18-10-16(3)29-25-18/h7-10,17H,11-13H2,1-6H3,(H,23,26)(H,24,25,27). The van der Waals surface area contributed by atoms with E-state index in [0.717, 1.165) is 16.9 Å². The van der Waals surface area contributed by atoms with Crippen LogP contribution in [0.15, 0.2) is 28.8 Å². The van der Waals surface area contributed by atoms with Gasteiger partial charge in [-0.2, -0.15) is 0 Å². The van der Waals surface area contributed by atoms with Gasteiger partial charge in [-0.05, 0) is 37.3 Å². The number of hydrogen-bond acceptors (Lipinski definition) is 6. The minimum absolute atomic E-state index is 0.130. The monoisotopic (exact) mass is 433 g/mol. The van der Waals surface area contributed by atoms with Gasteiger partial charge in [-0.15, -0.1) is 11.8 Å². The lowest BCUT2D eigenvalue weighted by molar-refractivity contribution is -0.120. The van der Waals surface area contributed by atoms with Crippen molar-refractivity contribution in [3.63, 3.8) is 0 Å². The van der Waals surface area contributed by atoms with Crippen LogP contribution in [0.5, 0.6) is 5.75 Å². The largest absolute Gasteiger partial charge is 0.491 e. The van der Waals surface area contributed by atoms with E-state index in [4.69, 9.17) is 9.26 Å². The fourth-order valence-electron chi connectivity index (χ4n) is 2.78. The van der Waals surface area contributed by atoms with Crippen molar-refractivity contribution in [2.45, 2.75) is 47.6 Å². The Morgan fingerprint density at radius 1 is 1.13 bits per heavy atom. The van der Waals surface area contributed by atoms with Crippen LogP contribution in [0.1, 0.15) is 37.7 Å². The smallest absolute Gasteiger partial charge is 0.235 e. The van der Waals surface area contributed by atoms with Crippen molar-refractivity contribution in [2.24, 2.45) is 5.41 Å². The summed E-state index contributed by atoms with van der Waals surface area (Å²) in [6, 6.07) is 7.48. The zero-order valence-corrected chi connectivity index (χ0v) is 19.3. The molecule has 0 radical (unpaired) electrons. The van der Waals surface area contributed by atoms with Crippen molar-refractivity contribution >= 4 is 29.4 Å². The van der Waals surface area contributed by atoms with Gasteiger partial charge in [0.05, 0.1) is 17.5 Å². The number of anilines is 1. The molecule has 164 valence electrons. The van der Waals surface area contributed by atoms with E-state index in [0.29, 0.717) is 18.2 Å². The molecule has 0 aliphatic carbocycles. The maximum atomic E-state index is 12.4. The average molecular weight is 434 g/mol. The van der Waals surface area contributed by atoms with E-state index in [9.17, 15) is 9.59 Å². The van der Waals surface area contributed by atoms with Crippen LogP contribution in [0.4, 0.5) is 5.82 Å². The molecule has 0 aliphatic heterocycles. The van der Waals surface area contributed by atoms with Crippen LogP contribution in [0.3, 0.4) is 0 Å². The van der Waals surface area contributed by atoms with Crippen molar-refractivity contribution in [3.05, 3.63) is 41.2 Å². The Bertz CT molecular complexity index is 853. The molecule has 2 aromatic rings. The molecule has 0 saturated carbocycles. The Hall–Kier alpha value is -2.48. The summed E-state index contributed by atoms with van der Waals surface area (Å²) >= 11 is 1.24. The number of hydrogen-bond donors (Lipinski definition) is 2. The van der Waals surface area contributed by atoms with Gasteiger partial charge in [0.15, 0.2) is 5.82 Å². The molecule has 2 amide bonds. The van der Waals surface area contributed by atoms with E-state index >= 15 is 0 Å². The van der Waals surface area contributed by atoms with Crippen molar-refractivity contribution in [1.82, 2.24) is 10.5 Å². The summed E-state index contributed by atoms with van der Waals surface area (Å²) < 4.78 is 11.0. The molecule has 1 aromatic carbocycles. The van der Waals surface area contributed by atoms with Crippen molar-refractivity contribution in [3.8, 4) is 5.75 Å². The molecule has 8 heteroatoms. The molecule has 0 bridgehead atoms. The van der Waals surface area contributed by atoms with Crippen LogP contribution in [-0.4, -0.2) is 41.1 Å². The first-order valence-electron chi connectivity index (χ1n) is 9.85. The maximum Gasteiger partial charge on any atom is 0.235 e. The molecule has 7 nitrogen and oxygen atoms in total. The Morgan fingerprint density at radius 3 is 2.33 bits per heavy atom. The predicted molar refractivity (Wildman–Crippen MR) is 120 cm³/mol. The second-order valence-electron chi connectivity index (χ2n) is 8.38. The Kier molecular flexibility index (Phi) is 8.34. The van der Waals surface area contributed by atoms with Gasteiger partial charge in [0.25, 0.3) is 0 Å². The number of amides is 2. The van der Waals surface area contributed by atoms with E-state index in [2.05, 4.69) is 36.6 Å². The topological polar surface area (TPSA) is 93.5 Å². The second kappa shape index (κ2) is 10.5. The number of aryl methyl sites for hydroxylation is 3. The molecule has 0 spiro atoms. The summed E-state index contributed by atoms with van der Waals surface area (Å²) in [4.78, 5) is 24.4. The van der Waals surface area contributed by atoms with Gasteiger partial charge < -0.3 is 19.9 Å².